The summed E-state index contributed by atoms with van der Waals surface area (Å²) in [6.45, 7) is 3.80. The molecule has 1 saturated carbocycles. The maximum absolute atomic E-state index is 12.1. The van der Waals surface area contributed by atoms with Gasteiger partial charge in [-0.3, -0.25) is 5.10 Å². The number of aromatic nitrogens is 2. The molecule has 1 aliphatic carbocycles. The summed E-state index contributed by atoms with van der Waals surface area (Å²) in [5.74, 6) is 1.16. The van der Waals surface area contributed by atoms with Gasteiger partial charge in [-0.05, 0) is 56.7 Å². The average molecular weight is 433 g/mol. The fraction of sp³-hybridized carbons (Fsp3) is 0.524. The van der Waals surface area contributed by atoms with E-state index >= 15 is 0 Å². The van der Waals surface area contributed by atoms with Crippen LogP contribution < -0.4 is 10.6 Å². The molecule has 9 heteroatoms. The Morgan fingerprint density at radius 2 is 2.13 bits per heavy atom. The van der Waals surface area contributed by atoms with Gasteiger partial charge >= 0.3 is 6.09 Å². The first-order valence-electron chi connectivity index (χ1n) is 10.4. The number of nitrogens with zero attached hydrogens (tertiary/aromatic N) is 1. The van der Waals surface area contributed by atoms with Crippen molar-refractivity contribution < 1.29 is 17.9 Å². The van der Waals surface area contributed by atoms with Gasteiger partial charge < -0.3 is 15.4 Å². The van der Waals surface area contributed by atoms with Gasteiger partial charge in [0, 0.05) is 29.4 Å². The number of hydrogen-bond acceptors (Lipinski definition) is 6. The van der Waals surface area contributed by atoms with E-state index < -0.39 is 9.84 Å². The number of sulfone groups is 1. The van der Waals surface area contributed by atoms with Crippen LogP contribution in [0.2, 0.25) is 0 Å². The highest BCUT2D eigenvalue weighted by molar-refractivity contribution is 7.90. The number of anilines is 2. The molecule has 162 valence electrons. The Labute approximate surface area is 176 Å². The standard InChI is InChI=1S/C21H28N4O4S/c1-13(2)22-21(26)29-16-7-6-15(10-16)19-11-20(25-24-19)23-18-5-3-4-14-8-9-30(27,28)12-17(14)18/h3-5,11,13,15-16H,6-10,12H2,1-2H3,(H,22,26)(H2,23,24,25)/t15-,16+/m0/s1. The Morgan fingerprint density at radius 3 is 2.93 bits per heavy atom. The summed E-state index contributed by atoms with van der Waals surface area (Å²) in [4.78, 5) is 11.8. The second-order valence-electron chi connectivity index (χ2n) is 8.46. The maximum Gasteiger partial charge on any atom is 0.407 e. The summed E-state index contributed by atoms with van der Waals surface area (Å²) in [6, 6.07) is 7.82. The number of amides is 1. The molecule has 3 N–H and O–H groups in total. The molecule has 2 aromatic rings. The van der Waals surface area contributed by atoms with Crippen molar-refractivity contribution in [2.45, 2.75) is 63.3 Å². The Morgan fingerprint density at radius 1 is 1.30 bits per heavy atom. The van der Waals surface area contributed by atoms with Crippen molar-refractivity contribution in [2.24, 2.45) is 0 Å². The third-order valence-corrected chi connectivity index (χ3v) is 7.24. The Balaban J connectivity index is 1.41. The molecular weight excluding hydrogens is 404 g/mol. The van der Waals surface area contributed by atoms with Gasteiger partial charge in [-0.15, -0.1) is 0 Å². The average Bonchev–Trinajstić information content (AvgIpc) is 3.30. The third kappa shape index (κ3) is 4.77. The summed E-state index contributed by atoms with van der Waals surface area (Å²) in [5, 5.41) is 13.5. The molecule has 0 saturated heterocycles. The van der Waals surface area contributed by atoms with Gasteiger partial charge in [0.25, 0.3) is 0 Å². The molecule has 1 aromatic heterocycles. The molecule has 0 radical (unpaired) electrons. The lowest BCUT2D eigenvalue weighted by atomic mass is 10.0. The number of H-pyrrole nitrogens is 1. The van der Waals surface area contributed by atoms with E-state index in [1.807, 2.05) is 38.1 Å². The van der Waals surface area contributed by atoms with Crippen molar-refractivity contribution in [3.05, 3.63) is 41.1 Å². The van der Waals surface area contributed by atoms with Crippen LogP contribution in [0.5, 0.6) is 0 Å². The molecule has 0 bridgehead atoms. The largest absolute Gasteiger partial charge is 0.446 e. The lowest BCUT2D eigenvalue weighted by molar-refractivity contribution is 0.0981. The van der Waals surface area contributed by atoms with E-state index in [1.54, 1.807) is 0 Å². The van der Waals surface area contributed by atoms with Crippen LogP contribution in [0.1, 0.15) is 55.8 Å². The molecule has 1 fully saturated rings. The van der Waals surface area contributed by atoms with E-state index in [4.69, 9.17) is 4.74 Å². The SMILES string of the molecule is CC(C)NC(=O)O[C@@H]1CC[C@H](c2cc(Nc3cccc4c3CS(=O)(=O)CC4)n[nH]2)C1. The van der Waals surface area contributed by atoms with Gasteiger partial charge in [0.2, 0.25) is 0 Å². The molecule has 0 unspecified atom stereocenters. The first-order valence-corrected chi connectivity index (χ1v) is 12.2. The lowest BCUT2D eigenvalue weighted by Crippen LogP contribution is -2.33. The van der Waals surface area contributed by atoms with E-state index in [0.29, 0.717) is 12.2 Å². The number of carbonyl (C=O) groups is 1. The highest BCUT2D eigenvalue weighted by Gasteiger charge is 2.30. The van der Waals surface area contributed by atoms with Crippen molar-refractivity contribution >= 4 is 27.4 Å². The number of aromatic amines is 1. The van der Waals surface area contributed by atoms with Crippen LogP contribution in [0.25, 0.3) is 0 Å². The predicted octanol–water partition coefficient (Wildman–Crippen LogP) is 3.39. The highest BCUT2D eigenvalue weighted by atomic mass is 32.2. The van der Waals surface area contributed by atoms with Crippen molar-refractivity contribution in [1.82, 2.24) is 15.5 Å². The molecule has 4 rings (SSSR count). The predicted molar refractivity (Wildman–Crippen MR) is 115 cm³/mol. The number of aryl methyl sites for hydroxylation is 1. The smallest absolute Gasteiger partial charge is 0.407 e. The molecule has 1 aromatic carbocycles. The van der Waals surface area contributed by atoms with Gasteiger partial charge in [-0.2, -0.15) is 5.10 Å². The first kappa shape index (κ1) is 20.7. The van der Waals surface area contributed by atoms with Crippen LogP contribution in [0.15, 0.2) is 24.3 Å². The summed E-state index contributed by atoms with van der Waals surface area (Å²) >= 11 is 0. The van der Waals surface area contributed by atoms with Gasteiger partial charge in [0.15, 0.2) is 15.7 Å². The zero-order valence-electron chi connectivity index (χ0n) is 17.3. The molecule has 1 amide bonds. The number of ether oxygens (including phenoxy) is 1. The topological polar surface area (TPSA) is 113 Å². The first-order chi connectivity index (χ1) is 14.3. The Bertz CT molecular complexity index is 1030. The summed E-state index contributed by atoms with van der Waals surface area (Å²) in [6.07, 6.45) is 2.58. The molecule has 2 heterocycles. The Hall–Kier alpha value is -2.55. The minimum atomic E-state index is -3.06. The summed E-state index contributed by atoms with van der Waals surface area (Å²) in [7, 11) is -3.06. The normalized spacial score (nSPS) is 22.5. The van der Waals surface area contributed by atoms with Crippen molar-refractivity contribution in [2.75, 3.05) is 11.1 Å². The van der Waals surface area contributed by atoms with Crippen LogP contribution in [0, 0.1) is 0 Å². The number of fused-ring (bicyclic) bond motifs is 1. The number of nitrogens with one attached hydrogen (secondary N) is 3. The lowest BCUT2D eigenvalue weighted by Gasteiger charge is -2.19. The van der Waals surface area contributed by atoms with Crippen LogP contribution in [-0.4, -0.2) is 42.6 Å². The van der Waals surface area contributed by atoms with Crippen molar-refractivity contribution in [3.63, 3.8) is 0 Å². The van der Waals surface area contributed by atoms with Crippen LogP contribution >= 0.6 is 0 Å². The fourth-order valence-corrected chi connectivity index (χ4v) is 5.67. The number of alkyl carbamates (subject to hydrolysis) is 1. The number of benzene rings is 1. The molecule has 1 aliphatic heterocycles. The Kier molecular flexibility index (Phi) is 5.73. The van der Waals surface area contributed by atoms with Gasteiger partial charge in [0.1, 0.15) is 6.10 Å². The van der Waals surface area contributed by atoms with Crippen molar-refractivity contribution in [1.29, 1.82) is 0 Å². The zero-order valence-corrected chi connectivity index (χ0v) is 18.1. The monoisotopic (exact) mass is 432 g/mol. The third-order valence-electron chi connectivity index (χ3n) is 5.68. The molecule has 30 heavy (non-hydrogen) atoms. The fourth-order valence-electron chi connectivity index (χ4n) is 4.21. The molecule has 2 atom stereocenters. The number of rotatable bonds is 5. The molecule has 8 nitrogen and oxygen atoms in total. The van der Waals surface area contributed by atoms with Crippen molar-refractivity contribution in [3.8, 4) is 0 Å². The van der Waals surface area contributed by atoms with E-state index in [-0.39, 0.29) is 35.7 Å². The quantitative estimate of drug-likeness (QED) is 0.667. The molecule has 0 spiro atoms. The summed E-state index contributed by atoms with van der Waals surface area (Å²) in [5.41, 5.74) is 3.68. The van der Waals surface area contributed by atoms with E-state index in [0.717, 1.165) is 41.8 Å². The van der Waals surface area contributed by atoms with E-state index in [2.05, 4.69) is 20.8 Å². The van der Waals surface area contributed by atoms with Crippen LogP contribution in [-0.2, 0) is 26.7 Å². The molecular formula is C21H28N4O4S. The number of carbonyl (C=O) groups excluding carboxylic acids is 1. The molecule has 2 aliphatic rings. The highest BCUT2D eigenvalue weighted by Crippen LogP contribution is 2.36. The summed E-state index contributed by atoms with van der Waals surface area (Å²) < 4.78 is 29.6. The second kappa shape index (κ2) is 8.29. The maximum atomic E-state index is 12.1. The van der Waals surface area contributed by atoms with Gasteiger partial charge in [-0.1, -0.05) is 12.1 Å². The minimum absolute atomic E-state index is 0.0506. The zero-order chi connectivity index (χ0) is 21.3. The van der Waals surface area contributed by atoms with E-state index in [1.165, 1.54) is 0 Å². The van der Waals surface area contributed by atoms with E-state index in [9.17, 15) is 13.2 Å². The van der Waals surface area contributed by atoms with Gasteiger partial charge in [0.05, 0.1) is 11.5 Å². The second-order valence-corrected chi connectivity index (χ2v) is 10.6. The minimum Gasteiger partial charge on any atom is -0.446 e. The van der Waals surface area contributed by atoms with Crippen LogP contribution in [0.3, 0.4) is 0 Å². The van der Waals surface area contributed by atoms with Crippen LogP contribution in [0.4, 0.5) is 16.3 Å². The number of hydrogen-bond donors (Lipinski definition) is 3. The van der Waals surface area contributed by atoms with Gasteiger partial charge in [-0.25, -0.2) is 13.2 Å².